The summed E-state index contributed by atoms with van der Waals surface area (Å²) >= 11 is 0. The highest BCUT2D eigenvalue weighted by molar-refractivity contribution is 5.42. The average Bonchev–Trinajstić information content (AvgIpc) is 2.57. The van der Waals surface area contributed by atoms with Crippen LogP contribution >= 0.6 is 0 Å². The van der Waals surface area contributed by atoms with Gasteiger partial charge in [0.2, 0.25) is 0 Å². The predicted octanol–water partition coefficient (Wildman–Crippen LogP) is 1.58. The van der Waals surface area contributed by atoms with Gasteiger partial charge in [0.1, 0.15) is 6.20 Å². The van der Waals surface area contributed by atoms with Crippen LogP contribution in [0.15, 0.2) is 70.4 Å². The van der Waals surface area contributed by atoms with Gasteiger partial charge in [-0.3, -0.25) is 9.78 Å². The molecule has 1 heterocycles. The monoisotopic (exact) mass is 304 g/mol. The third kappa shape index (κ3) is 2.94. The number of hydrogen-bond donors (Lipinski definition) is 1. The van der Waals surface area contributed by atoms with Crippen LogP contribution in [0.25, 0.3) is 5.69 Å². The largest absolute Gasteiger partial charge is 0.349 e. The van der Waals surface area contributed by atoms with Gasteiger partial charge in [0.05, 0.1) is 17.7 Å². The molecule has 1 aromatic heterocycles. The number of benzene rings is 2. The molecule has 112 valence electrons. The quantitative estimate of drug-likeness (QED) is 0.795. The lowest BCUT2D eigenvalue weighted by molar-refractivity contribution is 0.749. The van der Waals surface area contributed by atoms with Gasteiger partial charge in [0, 0.05) is 0 Å². The Kier molecular flexibility index (Phi) is 3.85. The Morgan fingerprint density at radius 2 is 1.65 bits per heavy atom. The smallest absolute Gasteiger partial charge is 0.271 e. The van der Waals surface area contributed by atoms with Gasteiger partial charge in [-0.1, -0.05) is 42.5 Å². The molecule has 23 heavy (non-hydrogen) atoms. The summed E-state index contributed by atoms with van der Waals surface area (Å²) in [6, 6.07) is 18.7. The summed E-state index contributed by atoms with van der Waals surface area (Å²) in [6.07, 6.45) is 1.04. The van der Waals surface area contributed by atoms with Gasteiger partial charge in [-0.25, -0.2) is 4.79 Å². The molecule has 0 fully saturated rings. The van der Waals surface area contributed by atoms with Crippen molar-refractivity contribution in [3.05, 3.63) is 92.8 Å². The molecule has 3 rings (SSSR count). The molecule has 3 aromatic rings. The van der Waals surface area contributed by atoms with Crippen molar-refractivity contribution in [2.24, 2.45) is 0 Å². The maximum atomic E-state index is 11.7. The Morgan fingerprint density at radius 1 is 1.00 bits per heavy atom. The van der Waals surface area contributed by atoms with Crippen LogP contribution < -0.4 is 11.2 Å². The molecule has 1 N–H and O–H groups in total. The molecular weight excluding hydrogens is 292 g/mol. The summed E-state index contributed by atoms with van der Waals surface area (Å²) in [5.41, 5.74) is 1.09. The van der Waals surface area contributed by atoms with Gasteiger partial charge < -0.3 is 0 Å². The Labute approximate surface area is 131 Å². The van der Waals surface area contributed by atoms with Crippen LogP contribution in [0.5, 0.6) is 0 Å². The Balaban J connectivity index is 1.97. The van der Waals surface area contributed by atoms with E-state index in [-0.39, 0.29) is 5.92 Å². The van der Waals surface area contributed by atoms with Crippen LogP contribution in [0.2, 0.25) is 0 Å². The Bertz CT molecular complexity index is 966. The molecule has 1 unspecified atom stereocenters. The minimum Gasteiger partial charge on any atom is -0.271 e. The number of H-pyrrole nitrogens is 1. The zero-order valence-corrected chi connectivity index (χ0v) is 12.0. The number of aromatic amines is 1. The van der Waals surface area contributed by atoms with Crippen LogP contribution in [0.4, 0.5) is 0 Å². The second-order valence-electron chi connectivity index (χ2n) is 4.92. The molecule has 0 spiro atoms. The fourth-order valence-electron chi connectivity index (χ4n) is 2.33. The molecule has 0 saturated heterocycles. The van der Waals surface area contributed by atoms with E-state index in [0.29, 0.717) is 5.69 Å². The molecule has 0 aliphatic carbocycles. The van der Waals surface area contributed by atoms with Crippen molar-refractivity contribution in [1.82, 2.24) is 14.8 Å². The van der Waals surface area contributed by atoms with Crippen molar-refractivity contribution in [3.63, 3.8) is 0 Å². The highest BCUT2D eigenvalue weighted by Crippen LogP contribution is 2.24. The third-order valence-corrected chi connectivity index (χ3v) is 3.45. The van der Waals surface area contributed by atoms with E-state index in [4.69, 9.17) is 0 Å². The molecule has 0 saturated carbocycles. The second kappa shape index (κ2) is 6.12. The van der Waals surface area contributed by atoms with Gasteiger partial charge in [0.15, 0.2) is 0 Å². The first kappa shape index (κ1) is 14.5. The number of hydrogen-bond acceptors (Lipinski definition) is 4. The molecule has 1 atom stereocenters. The number of rotatable bonds is 3. The molecule has 0 aliphatic heterocycles. The Morgan fingerprint density at radius 3 is 2.26 bits per heavy atom. The zero-order chi connectivity index (χ0) is 16.2. The summed E-state index contributed by atoms with van der Waals surface area (Å²) in [7, 11) is 0. The minimum absolute atomic E-state index is 0.384. The van der Waals surface area contributed by atoms with Crippen molar-refractivity contribution < 1.29 is 0 Å². The first-order valence-electron chi connectivity index (χ1n) is 6.92. The van der Waals surface area contributed by atoms with E-state index in [9.17, 15) is 14.9 Å². The van der Waals surface area contributed by atoms with Crippen LogP contribution in [0.1, 0.15) is 17.0 Å². The second-order valence-corrected chi connectivity index (χ2v) is 4.92. The van der Waals surface area contributed by atoms with Gasteiger partial charge >= 0.3 is 5.69 Å². The molecule has 0 radical (unpaired) electrons. The fourth-order valence-corrected chi connectivity index (χ4v) is 2.33. The van der Waals surface area contributed by atoms with E-state index >= 15 is 0 Å². The highest BCUT2D eigenvalue weighted by Gasteiger charge is 2.13. The van der Waals surface area contributed by atoms with Gasteiger partial charge in [0.25, 0.3) is 5.56 Å². The van der Waals surface area contributed by atoms with E-state index < -0.39 is 11.2 Å². The molecule has 6 nitrogen and oxygen atoms in total. The number of nitriles is 1. The van der Waals surface area contributed by atoms with Gasteiger partial charge in [-0.15, -0.1) is 0 Å². The summed E-state index contributed by atoms with van der Waals surface area (Å²) in [5, 5.41) is 13.2. The summed E-state index contributed by atoms with van der Waals surface area (Å²) in [5.74, 6) is -0.384. The zero-order valence-electron chi connectivity index (χ0n) is 12.0. The maximum absolute atomic E-state index is 11.7. The van der Waals surface area contributed by atoms with Crippen LogP contribution in [-0.2, 0) is 0 Å². The normalized spacial score (nSPS) is 11.6. The predicted molar refractivity (Wildman–Crippen MR) is 84.4 cm³/mol. The summed E-state index contributed by atoms with van der Waals surface area (Å²) in [6.45, 7) is 0. The first-order chi connectivity index (χ1) is 11.2. The standard InChI is InChI=1S/C17H12N4O2/c18-10-15(12-4-2-1-3-5-12)13-6-8-14(9-7-13)21-17(23)20-16(22)11-19-21/h1-9,11,15H,(H,20,22,23). The Hall–Kier alpha value is -3.46. The third-order valence-electron chi connectivity index (χ3n) is 3.45. The van der Waals surface area contributed by atoms with E-state index in [1.807, 2.05) is 30.3 Å². The molecular formula is C17H12N4O2. The lowest BCUT2D eigenvalue weighted by Gasteiger charge is -2.11. The first-order valence-corrected chi connectivity index (χ1v) is 6.92. The topological polar surface area (TPSA) is 91.5 Å². The van der Waals surface area contributed by atoms with Crippen molar-refractivity contribution in [1.29, 1.82) is 5.26 Å². The van der Waals surface area contributed by atoms with E-state index in [0.717, 1.165) is 22.0 Å². The maximum Gasteiger partial charge on any atom is 0.349 e. The highest BCUT2D eigenvalue weighted by atomic mass is 16.2. The van der Waals surface area contributed by atoms with Crippen LogP contribution in [-0.4, -0.2) is 14.8 Å². The van der Waals surface area contributed by atoms with Crippen molar-refractivity contribution in [2.75, 3.05) is 0 Å². The molecule has 2 aromatic carbocycles. The fraction of sp³-hybridized carbons (Fsp3) is 0.0588. The molecule has 6 heteroatoms. The minimum atomic E-state index is -0.606. The molecule has 0 amide bonds. The summed E-state index contributed by atoms with van der Waals surface area (Å²) in [4.78, 5) is 24.9. The van der Waals surface area contributed by atoms with Crippen molar-refractivity contribution in [2.45, 2.75) is 5.92 Å². The lowest BCUT2D eigenvalue weighted by atomic mass is 9.93. The van der Waals surface area contributed by atoms with E-state index in [1.54, 1.807) is 24.3 Å². The van der Waals surface area contributed by atoms with Gasteiger partial charge in [-0.2, -0.15) is 15.0 Å². The van der Waals surface area contributed by atoms with Crippen molar-refractivity contribution in [3.8, 4) is 11.8 Å². The molecule has 0 bridgehead atoms. The number of nitrogens with one attached hydrogen (secondary N) is 1. The average molecular weight is 304 g/mol. The van der Waals surface area contributed by atoms with E-state index in [2.05, 4.69) is 16.2 Å². The van der Waals surface area contributed by atoms with Gasteiger partial charge in [-0.05, 0) is 23.3 Å². The van der Waals surface area contributed by atoms with E-state index in [1.165, 1.54) is 0 Å². The molecule has 0 aliphatic rings. The number of aromatic nitrogens is 3. The number of nitrogens with zero attached hydrogens (tertiary/aromatic N) is 3. The van der Waals surface area contributed by atoms with Crippen LogP contribution in [0.3, 0.4) is 0 Å². The van der Waals surface area contributed by atoms with Crippen molar-refractivity contribution >= 4 is 0 Å². The van der Waals surface area contributed by atoms with Crippen LogP contribution in [0, 0.1) is 11.3 Å². The SMILES string of the molecule is N#CC(c1ccccc1)c1ccc(-n2ncc(=O)[nH]c2=O)cc1. The lowest BCUT2D eigenvalue weighted by Crippen LogP contribution is -2.30. The summed E-state index contributed by atoms with van der Waals surface area (Å²) < 4.78 is 1.09.